The molecule has 0 aliphatic carbocycles. The zero-order chi connectivity index (χ0) is 13.0. The fourth-order valence-corrected chi connectivity index (χ4v) is 1.82. The average molecular weight is 247 g/mol. The minimum absolute atomic E-state index is 0.0842. The lowest BCUT2D eigenvalue weighted by Gasteiger charge is -2.06. The summed E-state index contributed by atoms with van der Waals surface area (Å²) in [6, 6.07) is 7.70. The number of para-hydroxylation sites is 1. The van der Waals surface area contributed by atoms with Crippen LogP contribution < -0.4 is 10.1 Å². The molecule has 1 atom stereocenters. The average Bonchev–Trinajstić information content (AvgIpc) is 2.89. The van der Waals surface area contributed by atoms with E-state index in [9.17, 15) is 0 Å². The van der Waals surface area contributed by atoms with E-state index in [2.05, 4.69) is 22.4 Å². The van der Waals surface area contributed by atoms with Crippen molar-refractivity contribution in [3.8, 4) is 17.1 Å². The third-order valence-corrected chi connectivity index (χ3v) is 2.84. The molecule has 1 aromatic heterocycles. The Balaban J connectivity index is 2.34. The summed E-state index contributed by atoms with van der Waals surface area (Å²) in [4.78, 5) is 4.41. The normalized spacial score (nSPS) is 12.4. The predicted octanol–water partition coefficient (Wildman–Crippen LogP) is 2.42. The zero-order valence-electron chi connectivity index (χ0n) is 10.8. The largest absolute Gasteiger partial charge is 0.496 e. The number of rotatable bonds is 5. The first-order chi connectivity index (χ1) is 8.80. The van der Waals surface area contributed by atoms with E-state index in [4.69, 9.17) is 9.26 Å². The Bertz CT molecular complexity index is 506. The molecule has 0 bridgehead atoms. The van der Waals surface area contributed by atoms with Crippen molar-refractivity contribution in [1.82, 2.24) is 15.5 Å². The molecule has 2 aromatic rings. The molecule has 0 spiro atoms. The second-order valence-corrected chi connectivity index (χ2v) is 3.91. The molecule has 1 heterocycles. The Morgan fingerprint density at radius 2 is 2.17 bits per heavy atom. The van der Waals surface area contributed by atoms with Gasteiger partial charge < -0.3 is 14.6 Å². The summed E-state index contributed by atoms with van der Waals surface area (Å²) < 4.78 is 10.6. The van der Waals surface area contributed by atoms with E-state index in [0.29, 0.717) is 11.7 Å². The van der Waals surface area contributed by atoms with Gasteiger partial charge in [0.25, 0.3) is 0 Å². The maximum Gasteiger partial charge on any atom is 0.244 e. The molecule has 0 saturated carbocycles. The number of aromatic nitrogens is 2. The first-order valence-electron chi connectivity index (χ1n) is 5.94. The van der Waals surface area contributed by atoms with Crippen LogP contribution in [0.3, 0.4) is 0 Å². The van der Waals surface area contributed by atoms with Gasteiger partial charge in [-0.15, -0.1) is 0 Å². The van der Waals surface area contributed by atoms with Crippen LogP contribution in [0.4, 0.5) is 0 Å². The number of benzene rings is 1. The minimum Gasteiger partial charge on any atom is -0.496 e. The molecule has 5 nitrogen and oxygen atoms in total. The van der Waals surface area contributed by atoms with Crippen molar-refractivity contribution < 1.29 is 9.26 Å². The number of nitrogens with zero attached hydrogens (tertiary/aromatic N) is 2. The van der Waals surface area contributed by atoms with Crippen molar-refractivity contribution >= 4 is 0 Å². The predicted molar refractivity (Wildman–Crippen MR) is 68.4 cm³/mol. The quantitative estimate of drug-likeness (QED) is 0.879. The van der Waals surface area contributed by atoms with Crippen molar-refractivity contribution in [2.75, 3.05) is 14.2 Å². The number of nitrogens with one attached hydrogen (secondary N) is 1. The Morgan fingerprint density at radius 3 is 2.83 bits per heavy atom. The van der Waals surface area contributed by atoms with E-state index >= 15 is 0 Å². The highest BCUT2D eigenvalue weighted by atomic mass is 16.5. The summed E-state index contributed by atoms with van der Waals surface area (Å²) in [6.45, 7) is 2.06. The molecule has 0 saturated heterocycles. The lowest BCUT2D eigenvalue weighted by molar-refractivity contribution is 0.334. The third kappa shape index (κ3) is 2.36. The molecule has 1 unspecified atom stereocenters. The molecule has 0 radical (unpaired) electrons. The summed E-state index contributed by atoms with van der Waals surface area (Å²) in [5, 5.41) is 7.14. The molecule has 1 aromatic carbocycles. The van der Waals surface area contributed by atoms with Crippen LogP contribution in [-0.4, -0.2) is 24.3 Å². The summed E-state index contributed by atoms with van der Waals surface area (Å²) in [6.07, 6.45) is 0.893. The molecule has 1 N–H and O–H groups in total. The Morgan fingerprint density at radius 1 is 1.39 bits per heavy atom. The summed E-state index contributed by atoms with van der Waals surface area (Å²) in [7, 11) is 3.50. The zero-order valence-corrected chi connectivity index (χ0v) is 10.8. The minimum atomic E-state index is 0.0842. The standard InChI is InChI=1S/C13H17N3O2/c1-4-10(14-2)13-15-12(16-18-13)9-7-5-6-8-11(9)17-3/h5-8,10,14H,4H2,1-3H3. The van der Waals surface area contributed by atoms with Gasteiger partial charge in [0.1, 0.15) is 5.75 Å². The van der Waals surface area contributed by atoms with Gasteiger partial charge in [-0.05, 0) is 25.6 Å². The van der Waals surface area contributed by atoms with Gasteiger partial charge in [0.2, 0.25) is 11.7 Å². The topological polar surface area (TPSA) is 60.2 Å². The van der Waals surface area contributed by atoms with Crippen LogP contribution in [0.1, 0.15) is 25.3 Å². The Hall–Kier alpha value is -1.88. The second-order valence-electron chi connectivity index (χ2n) is 3.91. The smallest absolute Gasteiger partial charge is 0.244 e. The van der Waals surface area contributed by atoms with E-state index in [1.807, 2.05) is 31.3 Å². The molecule has 2 rings (SSSR count). The lowest BCUT2D eigenvalue weighted by Crippen LogP contribution is -2.15. The molecular formula is C13H17N3O2. The highest BCUT2D eigenvalue weighted by Crippen LogP contribution is 2.28. The Kier molecular flexibility index (Phi) is 3.94. The van der Waals surface area contributed by atoms with Gasteiger partial charge in [-0.3, -0.25) is 0 Å². The Labute approximate surface area is 106 Å². The van der Waals surface area contributed by atoms with Crippen LogP contribution in [0.15, 0.2) is 28.8 Å². The summed E-state index contributed by atoms with van der Waals surface area (Å²) in [5.74, 6) is 1.89. The monoisotopic (exact) mass is 247 g/mol. The highest BCUT2D eigenvalue weighted by molar-refractivity contribution is 5.63. The maximum atomic E-state index is 5.28. The van der Waals surface area contributed by atoms with Crippen molar-refractivity contribution in [2.45, 2.75) is 19.4 Å². The number of methoxy groups -OCH3 is 1. The van der Waals surface area contributed by atoms with E-state index in [0.717, 1.165) is 17.7 Å². The highest BCUT2D eigenvalue weighted by Gasteiger charge is 2.17. The molecule has 18 heavy (non-hydrogen) atoms. The number of ether oxygens (including phenoxy) is 1. The van der Waals surface area contributed by atoms with Gasteiger partial charge in [-0.1, -0.05) is 24.2 Å². The van der Waals surface area contributed by atoms with Crippen LogP contribution in [-0.2, 0) is 0 Å². The third-order valence-electron chi connectivity index (χ3n) is 2.84. The van der Waals surface area contributed by atoms with E-state index in [-0.39, 0.29) is 6.04 Å². The second kappa shape index (κ2) is 5.64. The van der Waals surface area contributed by atoms with Crippen LogP contribution >= 0.6 is 0 Å². The molecule has 96 valence electrons. The first kappa shape index (κ1) is 12.6. The van der Waals surface area contributed by atoms with E-state index < -0.39 is 0 Å². The molecule has 5 heteroatoms. The van der Waals surface area contributed by atoms with Gasteiger partial charge >= 0.3 is 0 Å². The van der Waals surface area contributed by atoms with Crippen LogP contribution in [0.2, 0.25) is 0 Å². The van der Waals surface area contributed by atoms with Gasteiger partial charge in [-0.25, -0.2) is 0 Å². The summed E-state index contributed by atoms with van der Waals surface area (Å²) >= 11 is 0. The van der Waals surface area contributed by atoms with Crippen LogP contribution in [0.5, 0.6) is 5.75 Å². The van der Waals surface area contributed by atoms with Gasteiger partial charge in [0.15, 0.2) is 0 Å². The fourth-order valence-electron chi connectivity index (χ4n) is 1.82. The molecule has 0 amide bonds. The van der Waals surface area contributed by atoms with Crippen molar-refractivity contribution in [2.24, 2.45) is 0 Å². The maximum absolute atomic E-state index is 5.28. The molecular weight excluding hydrogens is 230 g/mol. The van der Waals surface area contributed by atoms with E-state index in [1.54, 1.807) is 7.11 Å². The van der Waals surface area contributed by atoms with Gasteiger partial charge in [0.05, 0.1) is 18.7 Å². The van der Waals surface area contributed by atoms with Crippen LogP contribution in [0, 0.1) is 0 Å². The van der Waals surface area contributed by atoms with Crippen molar-refractivity contribution in [1.29, 1.82) is 0 Å². The number of hydrogen-bond acceptors (Lipinski definition) is 5. The lowest BCUT2D eigenvalue weighted by atomic mass is 10.2. The molecule has 0 aliphatic rings. The van der Waals surface area contributed by atoms with Crippen molar-refractivity contribution in [3.05, 3.63) is 30.2 Å². The molecule has 0 aliphatic heterocycles. The first-order valence-corrected chi connectivity index (χ1v) is 5.94. The van der Waals surface area contributed by atoms with Gasteiger partial charge in [-0.2, -0.15) is 4.98 Å². The van der Waals surface area contributed by atoms with E-state index in [1.165, 1.54) is 0 Å². The van der Waals surface area contributed by atoms with Gasteiger partial charge in [0, 0.05) is 0 Å². The molecule has 0 fully saturated rings. The summed E-state index contributed by atoms with van der Waals surface area (Å²) in [5.41, 5.74) is 0.834. The number of hydrogen-bond donors (Lipinski definition) is 1. The van der Waals surface area contributed by atoms with Crippen molar-refractivity contribution in [3.63, 3.8) is 0 Å². The fraction of sp³-hybridized carbons (Fsp3) is 0.385. The van der Waals surface area contributed by atoms with Crippen LogP contribution in [0.25, 0.3) is 11.4 Å². The SMILES string of the molecule is CCC(NC)c1nc(-c2ccccc2OC)no1.